The van der Waals surface area contributed by atoms with E-state index in [-0.39, 0.29) is 0 Å². The van der Waals surface area contributed by atoms with E-state index in [1.807, 2.05) is 72.8 Å². The normalized spacial score (nSPS) is 13.2. The van der Waals surface area contributed by atoms with Crippen LogP contribution in [0.15, 0.2) is 97.1 Å². The molecule has 11 heteroatoms. The number of amides is 4. The summed E-state index contributed by atoms with van der Waals surface area (Å²) in [6, 6.07) is 29.6. The molecule has 5 rings (SSSR count). The van der Waals surface area contributed by atoms with Crippen molar-refractivity contribution >= 4 is 58.5 Å². The Morgan fingerprint density at radius 2 is 0.778 bits per heavy atom. The number of benzene rings is 4. The van der Waals surface area contributed by atoms with Crippen LogP contribution in [0.25, 0.3) is 0 Å². The standard InChI is InChI=1S/C18H17Cl2N3O2.C16H18Cl2N2/c19-15-5-1-13(2-6-15)11-22-9-10-23(18(25)21-17(22)24)12-14-3-7-16(20)8-4-14;17-15-5-1-13(2-6-15)11-19-9-10-20-12-14-3-7-16(18)8-4-14/h1-8H,9-12H2,(H,21,24,25);1-8,19-20H,9-12H2. The van der Waals surface area contributed by atoms with E-state index in [1.54, 1.807) is 34.1 Å². The largest absolute Gasteiger partial charge is 0.325 e. The van der Waals surface area contributed by atoms with Crippen molar-refractivity contribution in [2.75, 3.05) is 26.2 Å². The maximum atomic E-state index is 12.3. The van der Waals surface area contributed by atoms with Crippen molar-refractivity contribution in [1.29, 1.82) is 0 Å². The van der Waals surface area contributed by atoms with Gasteiger partial charge in [-0.2, -0.15) is 0 Å². The smallest absolute Gasteiger partial charge is 0.318 e. The van der Waals surface area contributed by atoms with Crippen LogP contribution in [0.1, 0.15) is 22.3 Å². The van der Waals surface area contributed by atoms with E-state index in [0.29, 0.717) is 36.2 Å². The Labute approximate surface area is 284 Å². The second-order valence-electron chi connectivity index (χ2n) is 10.4. The van der Waals surface area contributed by atoms with E-state index >= 15 is 0 Å². The van der Waals surface area contributed by atoms with Crippen molar-refractivity contribution < 1.29 is 9.59 Å². The minimum Gasteiger partial charge on any atom is -0.318 e. The molecule has 1 aliphatic heterocycles. The van der Waals surface area contributed by atoms with Crippen molar-refractivity contribution in [2.45, 2.75) is 26.2 Å². The summed E-state index contributed by atoms with van der Waals surface area (Å²) >= 11 is 23.5. The van der Waals surface area contributed by atoms with Crippen molar-refractivity contribution in [3.05, 3.63) is 139 Å². The fourth-order valence-corrected chi connectivity index (χ4v) is 4.97. The number of urea groups is 2. The molecule has 1 aliphatic rings. The highest BCUT2D eigenvalue weighted by Gasteiger charge is 2.26. The number of nitrogens with zero attached hydrogens (tertiary/aromatic N) is 2. The molecule has 4 amide bonds. The van der Waals surface area contributed by atoms with Crippen molar-refractivity contribution in [3.8, 4) is 0 Å². The second kappa shape index (κ2) is 18.0. The van der Waals surface area contributed by atoms with E-state index in [0.717, 1.165) is 47.4 Å². The Morgan fingerprint density at radius 3 is 1.09 bits per heavy atom. The summed E-state index contributed by atoms with van der Waals surface area (Å²) < 4.78 is 0. The van der Waals surface area contributed by atoms with Gasteiger partial charge in [-0.25, -0.2) is 9.59 Å². The summed E-state index contributed by atoms with van der Waals surface area (Å²) in [7, 11) is 0. The predicted molar refractivity (Wildman–Crippen MR) is 184 cm³/mol. The molecule has 4 aromatic carbocycles. The molecular formula is C34H35Cl4N5O2. The molecule has 0 bridgehead atoms. The van der Waals surface area contributed by atoms with Crippen molar-refractivity contribution in [3.63, 3.8) is 0 Å². The lowest BCUT2D eigenvalue weighted by Gasteiger charge is -2.21. The zero-order valence-corrected chi connectivity index (χ0v) is 27.6. The molecule has 3 N–H and O–H groups in total. The predicted octanol–water partition coefficient (Wildman–Crippen LogP) is 8.01. The average molecular weight is 687 g/mol. The molecule has 236 valence electrons. The number of imide groups is 1. The van der Waals surface area contributed by atoms with Gasteiger partial charge >= 0.3 is 12.1 Å². The van der Waals surface area contributed by atoms with Crippen LogP contribution in [0.2, 0.25) is 20.1 Å². The number of hydrogen-bond donors (Lipinski definition) is 3. The first-order chi connectivity index (χ1) is 21.7. The highest BCUT2D eigenvalue weighted by molar-refractivity contribution is 6.31. The molecule has 0 unspecified atom stereocenters. The summed E-state index contributed by atoms with van der Waals surface area (Å²) in [6.07, 6.45) is 0. The molecular weight excluding hydrogens is 652 g/mol. The minimum absolute atomic E-state index is 0.390. The van der Waals surface area contributed by atoms with Crippen LogP contribution in [0.3, 0.4) is 0 Å². The molecule has 0 atom stereocenters. The van der Waals surface area contributed by atoms with Gasteiger partial charge < -0.3 is 20.4 Å². The van der Waals surface area contributed by atoms with Crippen LogP contribution in [0.4, 0.5) is 9.59 Å². The summed E-state index contributed by atoms with van der Waals surface area (Å²) in [5.41, 5.74) is 4.40. The number of nitrogens with one attached hydrogen (secondary N) is 3. The number of carbonyl (C=O) groups excluding carboxylic acids is 2. The quantitative estimate of drug-likeness (QED) is 0.140. The first kappa shape index (κ1) is 34.6. The SMILES string of the molecule is Clc1ccc(CNCCNCc2ccc(Cl)cc2)cc1.O=C1NC(=O)N(Cc2ccc(Cl)cc2)CCN1Cc1ccc(Cl)cc1. The van der Waals surface area contributed by atoms with Gasteiger partial charge in [-0.1, -0.05) is 94.9 Å². The van der Waals surface area contributed by atoms with Crippen LogP contribution in [-0.2, 0) is 26.2 Å². The van der Waals surface area contributed by atoms with Crippen molar-refractivity contribution in [2.24, 2.45) is 0 Å². The molecule has 0 aromatic heterocycles. The fourth-order valence-electron chi connectivity index (χ4n) is 4.46. The zero-order chi connectivity index (χ0) is 32.0. The molecule has 1 fully saturated rings. The molecule has 7 nitrogen and oxygen atoms in total. The molecule has 1 saturated heterocycles. The zero-order valence-electron chi connectivity index (χ0n) is 24.6. The van der Waals surface area contributed by atoms with Gasteiger partial charge in [0.05, 0.1) is 0 Å². The van der Waals surface area contributed by atoms with Gasteiger partial charge in [-0.15, -0.1) is 0 Å². The molecule has 4 aromatic rings. The number of hydrogen-bond acceptors (Lipinski definition) is 4. The Balaban J connectivity index is 0.000000210. The topological polar surface area (TPSA) is 76.7 Å². The summed E-state index contributed by atoms with van der Waals surface area (Å²) in [4.78, 5) is 27.8. The maximum absolute atomic E-state index is 12.3. The number of carbonyl (C=O) groups is 2. The Bertz CT molecular complexity index is 1390. The van der Waals surface area contributed by atoms with Crippen LogP contribution in [-0.4, -0.2) is 48.0 Å². The third-order valence-corrected chi connectivity index (χ3v) is 7.97. The van der Waals surface area contributed by atoms with Crippen LogP contribution in [0, 0.1) is 0 Å². The van der Waals surface area contributed by atoms with Gasteiger partial charge in [-0.05, 0) is 70.8 Å². The molecule has 0 aliphatic carbocycles. The second-order valence-corrected chi connectivity index (χ2v) is 12.2. The number of halogens is 4. The lowest BCUT2D eigenvalue weighted by Crippen LogP contribution is -2.42. The highest BCUT2D eigenvalue weighted by atomic mass is 35.5. The van der Waals surface area contributed by atoms with Crippen molar-refractivity contribution in [1.82, 2.24) is 25.8 Å². The van der Waals surface area contributed by atoms with Gasteiger partial charge in [-0.3, -0.25) is 5.32 Å². The third-order valence-electron chi connectivity index (χ3n) is 6.96. The lowest BCUT2D eigenvalue weighted by molar-refractivity contribution is 0.199. The van der Waals surface area contributed by atoms with E-state index < -0.39 is 12.1 Å². The van der Waals surface area contributed by atoms with Gasteiger partial charge in [0.2, 0.25) is 0 Å². The first-order valence-corrected chi connectivity index (χ1v) is 16.0. The molecule has 0 saturated carbocycles. The van der Waals surface area contributed by atoms with Crippen LogP contribution in [0.5, 0.6) is 0 Å². The summed E-state index contributed by atoms with van der Waals surface area (Å²) in [5, 5.41) is 12.1. The fraction of sp³-hybridized carbons (Fsp3) is 0.235. The first-order valence-electron chi connectivity index (χ1n) is 14.5. The van der Waals surface area contributed by atoms with Gasteiger partial charge in [0.15, 0.2) is 0 Å². The van der Waals surface area contributed by atoms with Crippen LogP contribution < -0.4 is 16.0 Å². The van der Waals surface area contributed by atoms with Crippen LogP contribution >= 0.6 is 46.4 Å². The van der Waals surface area contributed by atoms with E-state index in [4.69, 9.17) is 46.4 Å². The summed E-state index contributed by atoms with van der Waals surface area (Å²) in [5.74, 6) is 0. The molecule has 0 spiro atoms. The number of rotatable bonds is 11. The average Bonchev–Trinajstić information content (AvgIpc) is 3.16. The Kier molecular flexibility index (Phi) is 13.8. The van der Waals surface area contributed by atoms with E-state index in [9.17, 15) is 9.59 Å². The molecule has 1 heterocycles. The van der Waals surface area contributed by atoms with Gasteiger partial charge in [0.25, 0.3) is 0 Å². The summed E-state index contributed by atoms with van der Waals surface area (Å²) in [6.45, 7) is 5.32. The maximum Gasteiger partial charge on any atom is 0.325 e. The third kappa shape index (κ3) is 12.2. The monoisotopic (exact) mass is 685 g/mol. The Hall–Kier alpha value is -3.30. The lowest BCUT2D eigenvalue weighted by atomic mass is 10.2. The highest BCUT2D eigenvalue weighted by Crippen LogP contribution is 2.15. The minimum atomic E-state index is -0.390. The Morgan fingerprint density at radius 1 is 0.489 bits per heavy atom. The van der Waals surface area contributed by atoms with Gasteiger partial charge in [0.1, 0.15) is 0 Å². The molecule has 0 radical (unpaired) electrons. The van der Waals surface area contributed by atoms with E-state index in [2.05, 4.69) is 16.0 Å². The molecule has 45 heavy (non-hydrogen) atoms. The van der Waals surface area contributed by atoms with E-state index in [1.165, 1.54) is 11.1 Å². The van der Waals surface area contributed by atoms with Gasteiger partial charge in [0, 0.05) is 72.4 Å².